The highest BCUT2D eigenvalue weighted by atomic mass is 16.4. The Balaban J connectivity index is 2.18. The molecule has 1 saturated carbocycles. The zero-order valence-corrected chi connectivity index (χ0v) is 10.7. The van der Waals surface area contributed by atoms with Crippen LogP contribution >= 0.6 is 0 Å². The number of rotatable bonds is 3. The van der Waals surface area contributed by atoms with Crippen molar-refractivity contribution in [3.63, 3.8) is 0 Å². The minimum Gasteiger partial charge on any atom is -0.478 e. The first-order valence-corrected chi connectivity index (χ1v) is 6.40. The van der Waals surface area contributed by atoms with Gasteiger partial charge < -0.3 is 9.67 Å². The van der Waals surface area contributed by atoms with Gasteiger partial charge >= 0.3 is 5.97 Å². The molecule has 1 aromatic carbocycles. The Bertz CT molecular complexity index is 635. The van der Waals surface area contributed by atoms with Crippen molar-refractivity contribution in [1.82, 2.24) is 4.57 Å². The summed E-state index contributed by atoms with van der Waals surface area (Å²) in [6, 6.07) is 5.44. The van der Waals surface area contributed by atoms with Gasteiger partial charge in [0.1, 0.15) is 0 Å². The average Bonchev–Trinajstić information content (AvgIpc) is 3.13. The minimum absolute atomic E-state index is 0.370. The Labute approximate surface area is 106 Å². The van der Waals surface area contributed by atoms with Crippen molar-refractivity contribution in [1.29, 1.82) is 0 Å². The van der Waals surface area contributed by atoms with Gasteiger partial charge in [-0.1, -0.05) is 0 Å². The largest absolute Gasteiger partial charge is 0.478 e. The van der Waals surface area contributed by atoms with Gasteiger partial charge in [-0.15, -0.1) is 0 Å². The number of aromatic carboxylic acids is 1. The maximum absolute atomic E-state index is 11.0. The second-order valence-corrected chi connectivity index (χ2v) is 5.30. The van der Waals surface area contributed by atoms with E-state index in [4.69, 9.17) is 5.11 Å². The SMILES string of the molecule is Cc1c(C)n(CC2CC2)c2ccc(C(=O)O)cc12. The van der Waals surface area contributed by atoms with Crippen LogP contribution in [-0.2, 0) is 6.54 Å². The van der Waals surface area contributed by atoms with E-state index < -0.39 is 5.97 Å². The number of aryl methyl sites for hydroxylation is 1. The first-order valence-electron chi connectivity index (χ1n) is 6.40. The number of hydrogen-bond acceptors (Lipinski definition) is 1. The quantitative estimate of drug-likeness (QED) is 0.898. The van der Waals surface area contributed by atoms with Gasteiger partial charge in [0.2, 0.25) is 0 Å². The van der Waals surface area contributed by atoms with Crippen molar-refractivity contribution in [3.8, 4) is 0 Å². The zero-order chi connectivity index (χ0) is 12.9. The van der Waals surface area contributed by atoms with E-state index in [1.165, 1.54) is 29.6 Å². The highest BCUT2D eigenvalue weighted by molar-refractivity contribution is 5.95. The maximum atomic E-state index is 11.0. The van der Waals surface area contributed by atoms with E-state index in [9.17, 15) is 4.79 Å². The predicted molar refractivity (Wildman–Crippen MR) is 71.1 cm³/mol. The molecular weight excluding hydrogens is 226 g/mol. The van der Waals surface area contributed by atoms with Crippen LogP contribution in [0.2, 0.25) is 0 Å². The summed E-state index contributed by atoms with van der Waals surface area (Å²) in [5.41, 5.74) is 4.00. The molecule has 0 radical (unpaired) electrons. The van der Waals surface area contributed by atoms with Crippen LogP contribution in [0.3, 0.4) is 0 Å². The summed E-state index contributed by atoms with van der Waals surface area (Å²) in [5.74, 6) is -0.0400. The lowest BCUT2D eigenvalue weighted by atomic mass is 10.1. The van der Waals surface area contributed by atoms with Crippen LogP contribution in [0.5, 0.6) is 0 Å². The van der Waals surface area contributed by atoms with Crippen LogP contribution in [0.4, 0.5) is 0 Å². The molecular formula is C15H17NO2. The molecule has 0 bridgehead atoms. The van der Waals surface area contributed by atoms with E-state index in [1.807, 2.05) is 6.07 Å². The van der Waals surface area contributed by atoms with Crippen LogP contribution < -0.4 is 0 Å². The van der Waals surface area contributed by atoms with Gasteiger partial charge in [-0.2, -0.15) is 0 Å². The molecule has 3 nitrogen and oxygen atoms in total. The van der Waals surface area contributed by atoms with Crippen molar-refractivity contribution in [2.45, 2.75) is 33.2 Å². The predicted octanol–water partition coefficient (Wildman–Crippen LogP) is 3.37. The van der Waals surface area contributed by atoms with Crippen LogP contribution in [-0.4, -0.2) is 15.6 Å². The zero-order valence-electron chi connectivity index (χ0n) is 10.7. The monoisotopic (exact) mass is 243 g/mol. The fourth-order valence-corrected chi connectivity index (χ4v) is 2.58. The molecule has 0 unspecified atom stereocenters. The number of hydrogen-bond donors (Lipinski definition) is 1. The summed E-state index contributed by atoms with van der Waals surface area (Å²) in [4.78, 5) is 11.0. The van der Waals surface area contributed by atoms with Gasteiger partial charge in [-0.25, -0.2) is 4.79 Å². The van der Waals surface area contributed by atoms with Crippen molar-refractivity contribution >= 4 is 16.9 Å². The summed E-state index contributed by atoms with van der Waals surface area (Å²) in [6.07, 6.45) is 2.65. The summed E-state index contributed by atoms with van der Waals surface area (Å²) in [6.45, 7) is 5.27. The third-order valence-corrected chi connectivity index (χ3v) is 4.02. The average molecular weight is 243 g/mol. The van der Waals surface area contributed by atoms with E-state index in [-0.39, 0.29) is 0 Å². The van der Waals surface area contributed by atoms with Gasteiger partial charge in [0.15, 0.2) is 0 Å². The van der Waals surface area contributed by atoms with Crippen LogP contribution in [0.15, 0.2) is 18.2 Å². The number of benzene rings is 1. The molecule has 18 heavy (non-hydrogen) atoms. The fourth-order valence-electron chi connectivity index (χ4n) is 2.58. The molecule has 0 amide bonds. The van der Waals surface area contributed by atoms with Gasteiger partial charge in [0.05, 0.1) is 5.56 Å². The third kappa shape index (κ3) is 1.70. The molecule has 0 atom stereocenters. The number of carboxylic acid groups (broad SMARTS) is 1. The Morgan fingerprint density at radius 1 is 1.39 bits per heavy atom. The Morgan fingerprint density at radius 2 is 2.11 bits per heavy atom. The van der Waals surface area contributed by atoms with Crippen LogP contribution in [0.1, 0.15) is 34.5 Å². The molecule has 1 aliphatic carbocycles. The van der Waals surface area contributed by atoms with E-state index >= 15 is 0 Å². The molecule has 0 spiro atoms. The minimum atomic E-state index is -0.858. The number of carboxylic acids is 1. The van der Waals surface area contributed by atoms with E-state index in [1.54, 1.807) is 12.1 Å². The van der Waals surface area contributed by atoms with Crippen molar-refractivity contribution in [3.05, 3.63) is 35.0 Å². The highest BCUT2D eigenvalue weighted by Gasteiger charge is 2.24. The van der Waals surface area contributed by atoms with Crippen LogP contribution in [0.25, 0.3) is 10.9 Å². The van der Waals surface area contributed by atoms with Crippen molar-refractivity contribution in [2.75, 3.05) is 0 Å². The Hall–Kier alpha value is -1.77. The smallest absolute Gasteiger partial charge is 0.335 e. The second-order valence-electron chi connectivity index (χ2n) is 5.30. The Morgan fingerprint density at radius 3 is 2.72 bits per heavy atom. The topological polar surface area (TPSA) is 42.2 Å². The summed E-state index contributed by atoms with van der Waals surface area (Å²) >= 11 is 0. The second kappa shape index (κ2) is 3.87. The number of fused-ring (bicyclic) bond motifs is 1. The molecule has 1 aliphatic rings. The van der Waals surface area contributed by atoms with E-state index in [0.29, 0.717) is 5.56 Å². The molecule has 2 aromatic rings. The molecule has 3 rings (SSSR count). The maximum Gasteiger partial charge on any atom is 0.335 e. The van der Waals surface area contributed by atoms with Crippen molar-refractivity contribution < 1.29 is 9.90 Å². The fraction of sp³-hybridized carbons (Fsp3) is 0.400. The van der Waals surface area contributed by atoms with Gasteiger partial charge in [-0.3, -0.25) is 0 Å². The molecule has 1 N–H and O–H groups in total. The third-order valence-electron chi connectivity index (χ3n) is 4.02. The number of carbonyl (C=O) groups is 1. The molecule has 1 aromatic heterocycles. The molecule has 94 valence electrons. The summed E-state index contributed by atoms with van der Waals surface area (Å²) in [5, 5.41) is 10.1. The van der Waals surface area contributed by atoms with Gasteiger partial charge in [0, 0.05) is 23.1 Å². The lowest BCUT2D eigenvalue weighted by Gasteiger charge is -2.07. The summed E-state index contributed by atoms with van der Waals surface area (Å²) < 4.78 is 2.34. The molecule has 1 fully saturated rings. The highest BCUT2D eigenvalue weighted by Crippen LogP contribution is 2.34. The van der Waals surface area contributed by atoms with Crippen molar-refractivity contribution in [2.24, 2.45) is 5.92 Å². The van der Waals surface area contributed by atoms with Gasteiger partial charge in [0.25, 0.3) is 0 Å². The lowest BCUT2D eigenvalue weighted by Crippen LogP contribution is -2.02. The first kappa shape index (κ1) is 11.3. The molecule has 1 heterocycles. The number of aromatic nitrogens is 1. The lowest BCUT2D eigenvalue weighted by molar-refractivity contribution is 0.0697. The number of nitrogens with zero attached hydrogens (tertiary/aromatic N) is 1. The standard InChI is InChI=1S/C15H17NO2/c1-9-10(2)16(8-11-3-4-11)14-6-5-12(15(17)18)7-13(9)14/h5-7,11H,3-4,8H2,1-2H3,(H,17,18). The van der Waals surface area contributed by atoms with Gasteiger partial charge in [-0.05, 0) is 56.4 Å². The van der Waals surface area contributed by atoms with E-state index in [2.05, 4.69) is 18.4 Å². The Kier molecular flexibility index (Phi) is 2.44. The molecule has 3 heteroatoms. The molecule has 0 aliphatic heterocycles. The molecule has 0 saturated heterocycles. The summed E-state index contributed by atoms with van der Waals surface area (Å²) in [7, 11) is 0. The van der Waals surface area contributed by atoms with Crippen LogP contribution in [0, 0.1) is 19.8 Å². The first-order chi connectivity index (χ1) is 8.58. The van der Waals surface area contributed by atoms with E-state index in [0.717, 1.165) is 17.8 Å². The normalized spacial score (nSPS) is 15.2.